The monoisotopic (exact) mass is 246 g/mol. The number of hydrogen-bond donors (Lipinski definition) is 1. The number of nitrogen functional groups attached to an aromatic ring is 1. The zero-order valence-corrected chi connectivity index (χ0v) is 11.5. The van der Waals surface area contributed by atoms with E-state index >= 15 is 0 Å². The van der Waals surface area contributed by atoms with Crippen molar-refractivity contribution in [1.29, 1.82) is 0 Å². The van der Waals surface area contributed by atoms with E-state index < -0.39 is 0 Å². The number of hydrogen-bond acceptors (Lipinski definition) is 3. The smallest absolute Gasteiger partial charge is 0.221 e. The Morgan fingerprint density at radius 2 is 1.94 bits per heavy atom. The number of fused-ring (bicyclic) bond motifs is 1. The highest BCUT2D eigenvalue weighted by molar-refractivity contribution is 5.80. The summed E-state index contributed by atoms with van der Waals surface area (Å²) in [6.07, 6.45) is 8.75. The molecule has 2 rings (SSSR count). The van der Waals surface area contributed by atoms with Gasteiger partial charge in [0, 0.05) is 23.8 Å². The minimum Gasteiger partial charge on any atom is -0.368 e. The van der Waals surface area contributed by atoms with Crippen LogP contribution in [-0.2, 0) is 0 Å². The molecule has 0 saturated carbocycles. The summed E-state index contributed by atoms with van der Waals surface area (Å²) in [5.41, 5.74) is 7.92. The number of rotatable bonds is 5. The molecular weight excluding hydrogens is 224 g/mol. The molecule has 0 aliphatic carbocycles. The lowest BCUT2D eigenvalue weighted by Gasteiger charge is -2.18. The highest BCUT2D eigenvalue weighted by atomic mass is 15.1. The molecule has 0 amide bonds. The summed E-state index contributed by atoms with van der Waals surface area (Å²) in [4.78, 5) is 8.50. The zero-order valence-electron chi connectivity index (χ0n) is 11.5. The molecule has 4 heteroatoms. The van der Waals surface area contributed by atoms with Gasteiger partial charge in [-0.1, -0.05) is 26.7 Å². The van der Waals surface area contributed by atoms with Gasteiger partial charge in [-0.05, 0) is 25.3 Å². The molecule has 18 heavy (non-hydrogen) atoms. The summed E-state index contributed by atoms with van der Waals surface area (Å²) >= 11 is 0. The fourth-order valence-corrected chi connectivity index (χ4v) is 2.57. The first-order valence-electron chi connectivity index (χ1n) is 6.77. The normalized spacial score (nSPS) is 11.6. The van der Waals surface area contributed by atoms with Gasteiger partial charge in [-0.3, -0.25) is 0 Å². The van der Waals surface area contributed by atoms with Crippen molar-refractivity contribution in [3.05, 3.63) is 18.0 Å². The second-order valence-electron chi connectivity index (χ2n) is 4.92. The largest absolute Gasteiger partial charge is 0.368 e. The van der Waals surface area contributed by atoms with Crippen molar-refractivity contribution in [1.82, 2.24) is 14.5 Å². The first kappa shape index (κ1) is 12.9. The molecule has 4 nitrogen and oxygen atoms in total. The first-order valence-corrected chi connectivity index (χ1v) is 6.77. The van der Waals surface area contributed by atoms with Gasteiger partial charge in [-0.25, -0.2) is 4.98 Å². The van der Waals surface area contributed by atoms with Crippen LogP contribution in [0.2, 0.25) is 0 Å². The summed E-state index contributed by atoms with van der Waals surface area (Å²) in [5, 5.41) is 1.11. The van der Waals surface area contributed by atoms with E-state index in [0.29, 0.717) is 12.0 Å². The summed E-state index contributed by atoms with van der Waals surface area (Å²) in [6, 6.07) is 0.519. The van der Waals surface area contributed by atoms with Gasteiger partial charge in [0.15, 0.2) is 0 Å². The Bertz CT molecular complexity index is 524. The van der Waals surface area contributed by atoms with E-state index in [0.717, 1.165) is 11.0 Å². The lowest BCUT2D eigenvalue weighted by Crippen LogP contribution is -2.09. The summed E-state index contributed by atoms with van der Waals surface area (Å²) in [5.74, 6) is 0.355. The predicted octanol–water partition coefficient (Wildman–Crippen LogP) is 3.46. The highest BCUT2D eigenvalue weighted by Crippen LogP contribution is 2.27. The third-order valence-electron chi connectivity index (χ3n) is 3.43. The van der Waals surface area contributed by atoms with Crippen molar-refractivity contribution >= 4 is 17.0 Å². The SMILES string of the molecule is CCCC(CCC)n1cc(C)c2cnc(N)nc21. The van der Waals surface area contributed by atoms with Gasteiger partial charge in [0.05, 0.1) is 0 Å². The molecule has 0 atom stereocenters. The summed E-state index contributed by atoms with van der Waals surface area (Å²) in [7, 11) is 0. The Balaban J connectivity index is 2.51. The fraction of sp³-hybridized carbons (Fsp3) is 0.571. The van der Waals surface area contributed by atoms with Crippen LogP contribution in [0.25, 0.3) is 11.0 Å². The van der Waals surface area contributed by atoms with Gasteiger partial charge in [0.2, 0.25) is 5.95 Å². The van der Waals surface area contributed by atoms with E-state index in [1.807, 2.05) is 6.20 Å². The molecule has 0 bridgehead atoms. The number of nitrogens with two attached hydrogens (primary N) is 1. The second-order valence-corrected chi connectivity index (χ2v) is 4.92. The highest BCUT2D eigenvalue weighted by Gasteiger charge is 2.15. The first-order chi connectivity index (χ1) is 8.67. The van der Waals surface area contributed by atoms with Crippen LogP contribution >= 0.6 is 0 Å². The molecule has 0 fully saturated rings. The average Bonchev–Trinajstić information content (AvgIpc) is 2.66. The van der Waals surface area contributed by atoms with Crippen molar-refractivity contribution in [2.45, 2.75) is 52.5 Å². The van der Waals surface area contributed by atoms with E-state index in [4.69, 9.17) is 5.73 Å². The van der Waals surface area contributed by atoms with Gasteiger partial charge in [0.25, 0.3) is 0 Å². The maximum atomic E-state index is 5.71. The summed E-state index contributed by atoms with van der Waals surface area (Å²) < 4.78 is 2.29. The van der Waals surface area contributed by atoms with Crippen LogP contribution in [0.4, 0.5) is 5.95 Å². The van der Waals surface area contributed by atoms with Gasteiger partial charge in [-0.2, -0.15) is 4.98 Å². The molecule has 0 spiro atoms. The van der Waals surface area contributed by atoms with E-state index in [9.17, 15) is 0 Å². The quantitative estimate of drug-likeness (QED) is 0.879. The number of anilines is 1. The van der Waals surface area contributed by atoms with Gasteiger partial charge < -0.3 is 10.3 Å². The topological polar surface area (TPSA) is 56.7 Å². The molecule has 0 radical (unpaired) electrons. The Morgan fingerprint density at radius 3 is 2.56 bits per heavy atom. The maximum absolute atomic E-state index is 5.71. The third kappa shape index (κ3) is 2.33. The van der Waals surface area contributed by atoms with E-state index in [2.05, 4.69) is 41.5 Å². The minimum absolute atomic E-state index is 0.355. The van der Waals surface area contributed by atoms with Crippen molar-refractivity contribution in [3.63, 3.8) is 0 Å². The number of nitrogens with zero attached hydrogens (tertiary/aromatic N) is 3. The van der Waals surface area contributed by atoms with E-state index in [1.54, 1.807) is 0 Å². The maximum Gasteiger partial charge on any atom is 0.221 e. The van der Waals surface area contributed by atoms with Gasteiger partial charge >= 0.3 is 0 Å². The molecule has 0 aliphatic rings. The molecular formula is C14H22N4. The van der Waals surface area contributed by atoms with Crippen LogP contribution in [0.15, 0.2) is 12.4 Å². The standard InChI is InChI=1S/C14H22N4/c1-4-6-11(7-5-2)18-9-10(3)12-8-16-14(15)17-13(12)18/h8-9,11H,4-7H2,1-3H3,(H2,15,16,17). The van der Waals surface area contributed by atoms with Crippen LogP contribution in [-0.4, -0.2) is 14.5 Å². The molecule has 98 valence electrons. The third-order valence-corrected chi connectivity index (χ3v) is 3.43. The molecule has 2 N–H and O–H groups in total. The molecule has 0 saturated heterocycles. The minimum atomic E-state index is 0.355. The lowest BCUT2D eigenvalue weighted by atomic mass is 10.1. The van der Waals surface area contributed by atoms with Crippen LogP contribution < -0.4 is 5.73 Å². The molecule has 2 heterocycles. The lowest BCUT2D eigenvalue weighted by molar-refractivity contribution is 0.435. The predicted molar refractivity (Wildman–Crippen MR) is 75.5 cm³/mol. The van der Waals surface area contributed by atoms with Crippen molar-refractivity contribution < 1.29 is 0 Å². The number of aromatic nitrogens is 3. The van der Waals surface area contributed by atoms with Crippen molar-refractivity contribution in [2.24, 2.45) is 0 Å². The van der Waals surface area contributed by atoms with E-state index in [-0.39, 0.29) is 0 Å². The molecule has 2 aromatic heterocycles. The average molecular weight is 246 g/mol. The Labute approximate surface area is 108 Å². The molecule has 0 aliphatic heterocycles. The second kappa shape index (κ2) is 5.38. The zero-order chi connectivity index (χ0) is 13.1. The van der Waals surface area contributed by atoms with Gasteiger partial charge in [-0.15, -0.1) is 0 Å². The van der Waals surface area contributed by atoms with Crippen molar-refractivity contribution in [2.75, 3.05) is 5.73 Å². The van der Waals surface area contributed by atoms with Crippen LogP contribution in [0.1, 0.15) is 51.1 Å². The Hall–Kier alpha value is -1.58. The van der Waals surface area contributed by atoms with Crippen LogP contribution in [0, 0.1) is 6.92 Å². The van der Waals surface area contributed by atoms with Crippen LogP contribution in [0.3, 0.4) is 0 Å². The molecule has 0 unspecified atom stereocenters. The molecule has 0 aromatic carbocycles. The van der Waals surface area contributed by atoms with Crippen molar-refractivity contribution in [3.8, 4) is 0 Å². The molecule has 2 aromatic rings. The summed E-state index contributed by atoms with van der Waals surface area (Å²) in [6.45, 7) is 6.56. The van der Waals surface area contributed by atoms with Crippen LogP contribution in [0.5, 0.6) is 0 Å². The number of aryl methyl sites for hydroxylation is 1. The van der Waals surface area contributed by atoms with Gasteiger partial charge in [0.1, 0.15) is 5.65 Å². The Morgan fingerprint density at radius 1 is 1.28 bits per heavy atom. The Kier molecular flexibility index (Phi) is 3.84. The van der Waals surface area contributed by atoms with E-state index in [1.165, 1.54) is 31.2 Å². The fourth-order valence-electron chi connectivity index (χ4n) is 2.57.